The second-order valence-electron chi connectivity index (χ2n) is 5.83. The average Bonchev–Trinajstić information content (AvgIpc) is 2.84. The van der Waals surface area contributed by atoms with Crippen LogP contribution in [0.5, 0.6) is 0 Å². The number of nitro groups is 1. The van der Waals surface area contributed by atoms with E-state index in [0.29, 0.717) is 0 Å². The minimum Gasteiger partial charge on any atom is -0.335 e. The summed E-state index contributed by atoms with van der Waals surface area (Å²) in [5, 5.41) is 18.2. The highest BCUT2D eigenvalue weighted by molar-refractivity contribution is 6.39. The molecular formula is C16H17Cl2N5O4. The summed E-state index contributed by atoms with van der Waals surface area (Å²) < 4.78 is 1.25. The summed E-state index contributed by atoms with van der Waals surface area (Å²) in [5.41, 5.74) is 0.628. The highest BCUT2D eigenvalue weighted by Crippen LogP contribution is 2.29. The quantitative estimate of drug-likeness (QED) is 0.577. The lowest BCUT2D eigenvalue weighted by atomic mass is 10.3. The normalized spacial score (nSPS) is 10.6. The maximum atomic E-state index is 12.3. The van der Waals surface area contributed by atoms with E-state index in [-0.39, 0.29) is 45.9 Å². The Labute approximate surface area is 165 Å². The molecule has 0 bridgehead atoms. The van der Waals surface area contributed by atoms with Crippen molar-refractivity contribution in [2.45, 2.75) is 20.4 Å². The van der Waals surface area contributed by atoms with Crippen LogP contribution in [0.15, 0.2) is 18.2 Å². The molecule has 144 valence electrons. The van der Waals surface area contributed by atoms with Crippen LogP contribution in [0.3, 0.4) is 0 Å². The van der Waals surface area contributed by atoms with Crippen LogP contribution in [0.4, 0.5) is 11.4 Å². The topological polar surface area (TPSA) is 110 Å². The molecule has 1 aromatic carbocycles. The maximum absolute atomic E-state index is 12.3. The Hall–Kier alpha value is -2.65. The van der Waals surface area contributed by atoms with Crippen LogP contribution in [0.2, 0.25) is 10.0 Å². The molecule has 0 aliphatic rings. The van der Waals surface area contributed by atoms with Crippen molar-refractivity contribution in [3.8, 4) is 0 Å². The zero-order valence-corrected chi connectivity index (χ0v) is 16.3. The van der Waals surface area contributed by atoms with E-state index in [0.717, 1.165) is 0 Å². The largest absolute Gasteiger partial charge is 0.335 e. The van der Waals surface area contributed by atoms with Crippen LogP contribution in [0, 0.1) is 24.0 Å². The number of anilines is 1. The van der Waals surface area contributed by atoms with Crippen molar-refractivity contribution in [2.24, 2.45) is 0 Å². The van der Waals surface area contributed by atoms with Gasteiger partial charge in [-0.3, -0.25) is 24.4 Å². The Morgan fingerprint density at radius 3 is 2.41 bits per heavy atom. The summed E-state index contributed by atoms with van der Waals surface area (Å²) in [4.78, 5) is 36.2. The van der Waals surface area contributed by atoms with Gasteiger partial charge in [-0.2, -0.15) is 5.10 Å². The van der Waals surface area contributed by atoms with Gasteiger partial charge in [0, 0.05) is 7.05 Å². The van der Waals surface area contributed by atoms with E-state index in [4.69, 9.17) is 23.2 Å². The van der Waals surface area contributed by atoms with E-state index in [9.17, 15) is 19.7 Å². The first-order valence-corrected chi connectivity index (χ1v) is 8.53. The average molecular weight is 414 g/mol. The van der Waals surface area contributed by atoms with Gasteiger partial charge >= 0.3 is 5.69 Å². The first-order chi connectivity index (χ1) is 12.6. The maximum Gasteiger partial charge on any atom is 0.312 e. The zero-order chi connectivity index (χ0) is 20.3. The number of amides is 2. The van der Waals surface area contributed by atoms with Gasteiger partial charge in [-0.1, -0.05) is 29.3 Å². The molecule has 0 aliphatic heterocycles. The standard InChI is InChI=1S/C16H17Cl2N5O4/c1-9-16(23(26)27)10(2)22(20-9)8-14(25)21(3)7-13(24)19-15-11(17)5-4-6-12(15)18/h4-6H,7-8H2,1-3H3,(H,19,24). The molecule has 1 heterocycles. The van der Waals surface area contributed by atoms with Gasteiger partial charge in [0.25, 0.3) is 0 Å². The number of halogens is 2. The molecule has 2 aromatic rings. The highest BCUT2D eigenvalue weighted by atomic mass is 35.5. The number of aromatic nitrogens is 2. The monoisotopic (exact) mass is 413 g/mol. The molecular weight excluding hydrogens is 397 g/mol. The Morgan fingerprint density at radius 1 is 1.30 bits per heavy atom. The van der Waals surface area contributed by atoms with Gasteiger partial charge in [-0.15, -0.1) is 0 Å². The summed E-state index contributed by atoms with van der Waals surface area (Å²) in [7, 11) is 1.44. The Bertz CT molecular complexity index is 892. The Kier molecular flexibility index (Phi) is 6.40. The molecule has 0 unspecified atom stereocenters. The number of rotatable bonds is 6. The fourth-order valence-electron chi connectivity index (χ4n) is 2.45. The van der Waals surface area contributed by atoms with E-state index in [1.807, 2.05) is 0 Å². The number of likely N-dealkylation sites (N-methyl/N-ethyl adjacent to an activating group) is 1. The summed E-state index contributed by atoms with van der Waals surface area (Å²) in [6, 6.07) is 4.80. The molecule has 1 aromatic heterocycles. The molecule has 0 fully saturated rings. The fraction of sp³-hybridized carbons (Fsp3) is 0.312. The Balaban J connectivity index is 2.03. The van der Waals surface area contributed by atoms with Crippen molar-refractivity contribution < 1.29 is 14.5 Å². The van der Waals surface area contributed by atoms with Gasteiger partial charge < -0.3 is 10.2 Å². The molecule has 27 heavy (non-hydrogen) atoms. The molecule has 2 amide bonds. The number of benzene rings is 1. The number of nitrogens with one attached hydrogen (secondary N) is 1. The van der Waals surface area contributed by atoms with Gasteiger partial charge in [0.2, 0.25) is 11.8 Å². The third-order valence-corrected chi connectivity index (χ3v) is 4.47. The van der Waals surface area contributed by atoms with Crippen molar-refractivity contribution in [3.05, 3.63) is 49.7 Å². The fourth-order valence-corrected chi connectivity index (χ4v) is 2.95. The van der Waals surface area contributed by atoms with Gasteiger partial charge in [0.15, 0.2) is 0 Å². The van der Waals surface area contributed by atoms with Crippen molar-refractivity contribution >= 4 is 46.4 Å². The minimum atomic E-state index is -0.539. The number of carbonyl (C=O) groups excluding carboxylic acids is 2. The van der Waals surface area contributed by atoms with Gasteiger partial charge in [0.05, 0.1) is 27.2 Å². The molecule has 0 spiro atoms. The van der Waals surface area contributed by atoms with Gasteiger partial charge in [-0.05, 0) is 26.0 Å². The molecule has 2 rings (SSSR count). The molecule has 0 radical (unpaired) electrons. The highest BCUT2D eigenvalue weighted by Gasteiger charge is 2.24. The van der Waals surface area contributed by atoms with Gasteiger partial charge in [0.1, 0.15) is 17.9 Å². The number of carbonyl (C=O) groups is 2. The minimum absolute atomic E-state index is 0.128. The zero-order valence-electron chi connectivity index (χ0n) is 14.8. The summed E-state index contributed by atoms with van der Waals surface area (Å²) in [6.07, 6.45) is 0. The van der Waals surface area contributed by atoms with Crippen LogP contribution in [0.25, 0.3) is 0 Å². The lowest BCUT2D eigenvalue weighted by Crippen LogP contribution is -2.37. The van der Waals surface area contributed by atoms with E-state index >= 15 is 0 Å². The predicted molar refractivity (Wildman–Crippen MR) is 101 cm³/mol. The number of nitrogens with zero attached hydrogens (tertiary/aromatic N) is 4. The van der Waals surface area contributed by atoms with E-state index in [1.165, 1.54) is 30.5 Å². The van der Waals surface area contributed by atoms with Crippen LogP contribution in [0.1, 0.15) is 11.4 Å². The van der Waals surface area contributed by atoms with E-state index in [1.54, 1.807) is 18.2 Å². The number of hydrogen-bond acceptors (Lipinski definition) is 5. The number of para-hydroxylation sites is 1. The van der Waals surface area contributed by atoms with Crippen LogP contribution in [-0.4, -0.2) is 45.0 Å². The lowest BCUT2D eigenvalue weighted by molar-refractivity contribution is -0.386. The molecule has 0 saturated carbocycles. The molecule has 1 N–H and O–H groups in total. The number of aryl methyl sites for hydroxylation is 1. The second kappa shape index (κ2) is 8.36. The molecule has 0 atom stereocenters. The molecule has 0 saturated heterocycles. The van der Waals surface area contributed by atoms with Crippen molar-refractivity contribution in [3.63, 3.8) is 0 Å². The molecule has 11 heteroatoms. The lowest BCUT2D eigenvalue weighted by Gasteiger charge is -2.17. The summed E-state index contributed by atoms with van der Waals surface area (Å²) in [6.45, 7) is 2.53. The smallest absolute Gasteiger partial charge is 0.312 e. The predicted octanol–water partition coefficient (Wildman–Crippen LogP) is 2.81. The van der Waals surface area contributed by atoms with Crippen LogP contribution in [-0.2, 0) is 16.1 Å². The number of hydrogen-bond donors (Lipinski definition) is 1. The molecule has 0 aliphatic carbocycles. The van der Waals surface area contributed by atoms with E-state index < -0.39 is 16.7 Å². The SMILES string of the molecule is Cc1nn(CC(=O)N(C)CC(=O)Nc2c(Cl)cccc2Cl)c(C)c1[N+](=O)[O-]. The second-order valence-corrected chi connectivity index (χ2v) is 6.64. The molecule has 9 nitrogen and oxygen atoms in total. The van der Waals surface area contributed by atoms with Crippen molar-refractivity contribution in [1.29, 1.82) is 0 Å². The van der Waals surface area contributed by atoms with Crippen LogP contribution >= 0.6 is 23.2 Å². The Morgan fingerprint density at radius 2 is 1.89 bits per heavy atom. The third-order valence-electron chi connectivity index (χ3n) is 3.84. The first kappa shape index (κ1) is 20.7. The third kappa shape index (κ3) is 4.75. The summed E-state index contributed by atoms with van der Waals surface area (Å²) >= 11 is 12.0. The van der Waals surface area contributed by atoms with E-state index in [2.05, 4.69) is 10.4 Å². The van der Waals surface area contributed by atoms with Crippen LogP contribution < -0.4 is 5.32 Å². The van der Waals surface area contributed by atoms with Gasteiger partial charge in [-0.25, -0.2) is 0 Å². The first-order valence-electron chi connectivity index (χ1n) is 7.78. The van der Waals surface area contributed by atoms with Crippen molar-refractivity contribution in [1.82, 2.24) is 14.7 Å². The van der Waals surface area contributed by atoms with Crippen molar-refractivity contribution in [2.75, 3.05) is 18.9 Å². The summed E-state index contributed by atoms with van der Waals surface area (Å²) in [5.74, 6) is -0.920.